The summed E-state index contributed by atoms with van der Waals surface area (Å²) in [6, 6.07) is 0.886. The summed E-state index contributed by atoms with van der Waals surface area (Å²) >= 11 is 5.64. The minimum atomic E-state index is -2.38. The Morgan fingerprint density at radius 1 is 1.00 bits per heavy atom. The largest absolute Gasteiger partial charge is 0.500 e. The molecule has 5 heteroatoms. The fraction of sp³-hybridized carbons (Fsp3) is 1.00. The van der Waals surface area contributed by atoms with E-state index in [2.05, 4.69) is 6.92 Å². The summed E-state index contributed by atoms with van der Waals surface area (Å²) in [5, 5.41) is 0. The first-order chi connectivity index (χ1) is 7.64. The van der Waals surface area contributed by atoms with Crippen LogP contribution in [0.2, 0.25) is 6.04 Å². The van der Waals surface area contributed by atoms with Gasteiger partial charge >= 0.3 is 8.80 Å². The third kappa shape index (κ3) is 6.20. The number of unbranched alkanes of at least 4 members (excludes halogenated alkanes) is 2. The molecule has 0 heterocycles. The molecule has 0 rings (SSSR count). The van der Waals surface area contributed by atoms with Gasteiger partial charge in [-0.05, 0) is 12.3 Å². The number of hydrogen-bond acceptors (Lipinski definition) is 3. The van der Waals surface area contributed by atoms with Gasteiger partial charge in [0.25, 0.3) is 0 Å². The topological polar surface area (TPSA) is 27.7 Å². The summed E-state index contributed by atoms with van der Waals surface area (Å²) < 4.78 is 16.2. The van der Waals surface area contributed by atoms with Crippen molar-refractivity contribution in [3.8, 4) is 0 Å². The van der Waals surface area contributed by atoms with E-state index in [1.165, 1.54) is 19.3 Å². The van der Waals surface area contributed by atoms with Crippen molar-refractivity contribution in [3.05, 3.63) is 0 Å². The van der Waals surface area contributed by atoms with E-state index < -0.39 is 8.80 Å². The van der Waals surface area contributed by atoms with E-state index in [9.17, 15) is 0 Å². The van der Waals surface area contributed by atoms with Gasteiger partial charge < -0.3 is 13.3 Å². The zero-order valence-electron chi connectivity index (χ0n) is 10.9. The van der Waals surface area contributed by atoms with Crippen LogP contribution in [0.25, 0.3) is 0 Å². The van der Waals surface area contributed by atoms with Crippen molar-refractivity contribution >= 4 is 20.4 Å². The van der Waals surface area contributed by atoms with E-state index in [0.717, 1.165) is 18.3 Å². The molecule has 0 radical (unpaired) electrons. The average Bonchev–Trinajstić information content (AvgIpc) is 2.32. The molecule has 0 amide bonds. The number of hydrogen-bond donors (Lipinski definition) is 0. The van der Waals surface area contributed by atoms with Crippen LogP contribution in [0, 0.1) is 5.92 Å². The molecule has 0 aliphatic rings. The second kappa shape index (κ2) is 9.42. The summed E-state index contributed by atoms with van der Waals surface area (Å²) in [4.78, 5) is 0. The lowest BCUT2D eigenvalue weighted by Crippen LogP contribution is -2.44. The molecule has 0 aliphatic heterocycles. The molecule has 0 saturated carbocycles. The highest BCUT2D eigenvalue weighted by molar-refractivity contribution is 6.60. The minimum absolute atomic E-state index is 0.571. The Hall–Kier alpha value is 0.387. The predicted octanol–water partition coefficient (Wildman–Crippen LogP) is 3.30. The number of halogens is 1. The van der Waals surface area contributed by atoms with E-state index in [4.69, 9.17) is 24.9 Å². The molecule has 0 aromatic rings. The molecule has 0 aliphatic carbocycles. The van der Waals surface area contributed by atoms with Crippen molar-refractivity contribution < 1.29 is 13.3 Å². The Morgan fingerprint density at radius 2 is 1.56 bits per heavy atom. The third-order valence-electron chi connectivity index (χ3n) is 2.86. The van der Waals surface area contributed by atoms with Crippen LogP contribution in [0.3, 0.4) is 0 Å². The molecule has 0 aromatic heterocycles. The van der Waals surface area contributed by atoms with Crippen molar-refractivity contribution in [2.75, 3.05) is 27.2 Å². The van der Waals surface area contributed by atoms with Gasteiger partial charge in [0, 0.05) is 33.3 Å². The van der Waals surface area contributed by atoms with Crippen LogP contribution in [-0.4, -0.2) is 36.0 Å². The quantitative estimate of drug-likeness (QED) is 0.346. The first kappa shape index (κ1) is 16.4. The highest BCUT2D eigenvalue weighted by atomic mass is 35.5. The summed E-state index contributed by atoms with van der Waals surface area (Å²) in [7, 11) is 2.62. The number of rotatable bonds is 10. The molecule has 0 spiro atoms. The normalized spacial score (nSPS) is 14.1. The lowest BCUT2D eigenvalue weighted by molar-refractivity contribution is 0.118. The molecular weight excluding hydrogens is 244 g/mol. The van der Waals surface area contributed by atoms with Gasteiger partial charge in [-0.2, -0.15) is 0 Å². The van der Waals surface area contributed by atoms with Crippen LogP contribution in [0.5, 0.6) is 0 Å². The van der Waals surface area contributed by atoms with Crippen LogP contribution < -0.4 is 0 Å². The number of alkyl halides is 1. The molecule has 0 bridgehead atoms. The second-order valence-electron chi connectivity index (χ2n) is 4.14. The maximum Gasteiger partial charge on any atom is 0.500 e. The van der Waals surface area contributed by atoms with Gasteiger partial charge in [-0.3, -0.25) is 0 Å². The Labute approximate surface area is 106 Å². The van der Waals surface area contributed by atoms with E-state index in [1.54, 1.807) is 21.3 Å². The fourth-order valence-electron chi connectivity index (χ4n) is 1.79. The van der Waals surface area contributed by atoms with E-state index in [0.29, 0.717) is 5.92 Å². The monoisotopic (exact) mass is 268 g/mol. The van der Waals surface area contributed by atoms with Crippen LogP contribution in [-0.2, 0) is 13.3 Å². The Bertz CT molecular complexity index is 157. The molecular formula is C11H25ClO3Si. The molecule has 0 aromatic carbocycles. The Kier molecular flexibility index (Phi) is 9.65. The van der Waals surface area contributed by atoms with Crippen molar-refractivity contribution in [3.63, 3.8) is 0 Å². The van der Waals surface area contributed by atoms with Crippen molar-refractivity contribution in [1.82, 2.24) is 0 Å². The van der Waals surface area contributed by atoms with Gasteiger partial charge in [-0.15, -0.1) is 11.6 Å². The van der Waals surface area contributed by atoms with Gasteiger partial charge in [0.15, 0.2) is 0 Å². The summed E-state index contributed by atoms with van der Waals surface area (Å²) in [6.07, 6.45) is 4.71. The van der Waals surface area contributed by atoms with Gasteiger partial charge in [-0.25, -0.2) is 0 Å². The van der Waals surface area contributed by atoms with Crippen LogP contribution in [0.15, 0.2) is 0 Å². The van der Waals surface area contributed by atoms with Crippen molar-refractivity contribution in [1.29, 1.82) is 0 Å². The van der Waals surface area contributed by atoms with Gasteiger partial charge in [0.1, 0.15) is 0 Å². The van der Waals surface area contributed by atoms with Gasteiger partial charge in [0.05, 0.1) is 0 Å². The lowest BCUT2D eigenvalue weighted by Gasteiger charge is -2.27. The average molecular weight is 269 g/mol. The second-order valence-corrected chi connectivity index (χ2v) is 7.52. The molecule has 0 fully saturated rings. The van der Waals surface area contributed by atoms with Crippen molar-refractivity contribution in [2.45, 2.75) is 38.7 Å². The summed E-state index contributed by atoms with van der Waals surface area (Å²) in [5.74, 6) is 1.34. The SMILES string of the molecule is CO[Si](CC(C)CCCCCCl)(OC)OC. The maximum absolute atomic E-state index is 5.64. The van der Waals surface area contributed by atoms with Gasteiger partial charge in [-0.1, -0.05) is 26.2 Å². The lowest BCUT2D eigenvalue weighted by atomic mass is 10.1. The van der Waals surface area contributed by atoms with E-state index in [-0.39, 0.29) is 0 Å². The van der Waals surface area contributed by atoms with E-state index in [1.807, 2.05) is 0 Å². The Balaban J connectivity index is 3.86. The summed E-state index contributed by atoms with van der Waals surface area (Å²) in [5.41, 5.74) is 0. The minimum Gasteiger partial charge on any atom is -0.377 e. The van der Waals surface area contributed by atoms with Crippen LogP contribution in [0.1, 0.15) is 32.6 Å². The Morgan fingerprint density at radius 3 is 2.00 bits per heavy atom. The maximum atomic E-state index is 5.64. The molecule has 1 unspecified atom stereocenters. The standard InChI is InChI=1S/C11H25ClO3Si/c1-11(8-6-5-7-9-12)10-16(13-2,14-3)15-4/h11H,5-10H2,1-4H3. The third-order valence-corrected chi connectivity index (χ3v) is 6.19. The first-order valence-corrected chi connectivity index (χ1v) is 8.32. The van der Waals surface area contributed by atoms with Crippen LogP contribution in [0.4, 0.5) is 0 Å². The molecule has 0 saturated heterocycles. The zero-order chi connectivity index (χ0) is 12.4. The molecule has 0 N–H and O–H groups in total. The highest BCUT2D eigenvalue weighted by Crippen LogP contribution is 2.23. The summed E-state index contributed by atoms with van der Waals surface area (Å²) in [6.45, 7) is 2.22. The smallest absolute Gasteiger partial charge is 0.377 e. The molecule has 16 heavy (non-hydrogen) atoms. The van der Waals surface area contributed by atoms with Crippen LogP contribution >= 0.6 is 11.6 Å². The molecule has 1 atom stereocenters. The predicted molar refractivity (Wildman–Crippen MR) is 69.9 cm³/mol. The first-order valence-electron chi connectivity index (χ1n) is 5.85. The highest BCUT2D eigenvalue weighted by Gasteiger charge is 2.39. The fourth-order valence-corrected chi connectivity index (χ4v) is 4.04. The van der Waals surface area contributed by atoms with Crippen molar-refractivity contribution in [2.24, 2.45) is 5.92 Å². The van der Waals surface area contributed by atoms with E-state index >= 15 is 0 Å². The van der Waals surface area contributed by atoms with Gasteiger partial charge in [0.2, 0.25) is 0 Å². The molecule has 98 valence electrons. The zero-order valence-corrected chi connectivity index (χ0v) is 12.7. The molecule has 3 nitrogen and oxygen atoms in total.